The van der Waals surface area contributed by atoms with Gasteiger partial charge in [-0.2, -0.15) is 10.1 Å². The number of rotatable bonds is 5. The first-order valence-electron chi connectivity index (χ1n) is 9.93. The molecule has 0 amide bonds. The second-order valence-electron chi connectivity index (χ2n) is 7.61. The van der Waals surface area contributed by atoms with E-state index < -0.39 is 0 Å². The van der Waals surface area contributed by atoms with Gasteiger partial charge in [-0.05, 0) is 52.6 Å². The summed E-state index contributed by atoms with van der Waals surface area (Å²) < 4.78 is 9.37. The van der Waals surface area contributed by atoms with Crippen molar-refractivity contribution in [1.82, 2.24) is 29.6 Å². The lowest BCUT2D eigenvalue weighted by Gasteiger charge is -2.21. The zero-order valence-corrected chi connectivity index (χ0v) is 16.4. The summed E-state index contributed by atoms with van der Waals surface area (Å²) in [6, 6.07) is 0. The van der Waals surface area contributed by atoms with Gasteiger partial charge in [0.05, 0.1) is 6.54 Å². The van der Waals surface area contributed by atoms with Crippen LogP contribution in [-0.2, 0) is 25.9 Å². The average Bonchev–Trinajstić information content (AvgIpc) is 3.17. The molecule has 2 aromatic rings. The summed E-state index contributed by atoms with van der Waals surface area (Å²) in [5, 5.41) is 8.06. The topological polar surface area (TPSA) is 86.9 Å². The third-order valence-electron chi connectivity index (χ3n) is 5.62. The van der Waals surface area contributed by atoms with E-state index >= 15 is 0 Å². The molecule has 27 heavy (non-hydrogen) atoms. The Bertz CT molecular complexity index is 881. The third kappa shape index (κ3) is 3.63. The minimum atomic E-state index is -0.126. The first-order chi connectivity index (χ1) is 13.0. The van der Waals surface area contributed by atoms with Crippen molar-refractivity contribution in [3.63, 3.8) is 0 Å². The van der Waals surface area contributed by atoms with Gasteiger partial charge in [-0.3, -0.25) is 4.57 Å². The fourth-order valence-electron chi connectivity index (χ4n) is 4.18. The van der Waals surface area contributed by atoms with Crippen molar-refractivity contribution in [2.24, 2.45) is 5.92 Å². The maximum absolute atomic E-state index is 12.8. The van der Waals surface area contributed by atoms with Crippen LogP contribution < -0.4 is 15.7 Å². The van der Waals surface area contributed by atoms with E-state index in [4.69, 9.17) is 4.74 Å². The first kappa shape index (κ1) is 18.2. The van der Waals surface area contributed by atoms with Crippen LogP contribution in [0.1, 0.15) is 42.7 Å². The maximum Gasteiger partial charge on any atom is 0.346 e. The summed E-state index contributed by atoms with van der Waals surface area (Å²) in [7, 11) is 0. The number of aromatic nitrogens is 5. The Morgan fingerprint density at radius 1 is 1.22 bits per heavy atom. The summed E-state index contributed by atoms with van der Waals surface area (Å²) in [6.45, 7) is 9.04. The van der Waals surface area contributed by atoms with E-state index in [1.165, 1.54) is 0 Å². The van der Waals surface area contributed by atoms with Gasteiger partial charge in [-0.25, -0.2) is 14.5 Å². The summed E-state index contributed by atoms with van der Waals surface area (Å²) in [6.07, 6.45) is 3.75. The van der Waals surface area contributed by atoms with Crippen molar-refractivity contribution in [3.05, 3.63) is 33.4 Å². The molecule has 8 nitrogen and oxygen atoms in total. The van der Waals surface area contributed by atoms with Gasteiger partial charge in [0.2, 0.25) is 5.88 Å². The summed E-state index contributed by atoms with van der Waals surface area (Å²) in [4.78, 5) is 21.6. The number of nitrogens with one attached hydrogen (secondary N) is 1. The van der Waals surface area contributed by atoms with E-state index in [-0.39, 0.29) is 11.8 Å². The quantitative estimate of drug-likeness (QED) is 0.843. The van der Waals surface area contributed by atoms with Crippen LogP contribution >= 0.6 is 0 Å². The van der Waals surface area contributed by atoms with Crippen molar-refractivity contribution >= 4 is 0 Å². The van der Waals surface area contributed by atoms with Crippen LogP contribution in [0.3, 0.4) is 0 Å². The molecule has 0 aromatic carbocycles. The number of piperidine rings is 1. The molecule has 146 valence electrons. The molecule has 8 heteroatoms. The van der Waals surface area contributed by atoms with Gasteiger partial charge in [0, 0.05) is 30.6 Å². The highest BCUT2D eigenvalue weighted by atomic mass is 16.5. The van der Waals surface area contributed by atoms with E-state index in [2.05, 4.69) is 20.4 Å². The second kappa shape index (κ2) is 7.42. The largest absolute Gasteiger partial charge is 0.472 e. The minimum absolute atomic E-state index is 0.0417. The van der Waals surface area contributed by atoms with Crippen LogP contribution in [0.2, 0.25) is 0 Å². The van der Waals surface area contributed by atoms with Crippen LogP contribution in [0, 0.1) is 19.8 Å². The predicted molar refractivity (Wildman–Crippen MR) is 101 cm³/mol. The van der Waals surface area contributed by atoms with Gasteiger partial charge in [0.15, 0.2) is 0 Å². The van der Waals surface area contributed by atoms with Crippen molar-refractivity contribution in [2.45, 2.75) is 65.6 Å². The number of hydrogen-bond donors (Lipinski definition) is 1. The Morgan fingerprint density at radius 2 is 2.00 bits per heavy atom. The number of hydrogen-bond acceptors (Lipinski definition) is 6. The molecule has 0 unspecified atom stereocenters. The fraction of sp³-hybridized carbons (Fsp3) is 0.684. The van der Waals surface area contributed by atoms with Crippen LogP contribution in [0.4, 0.5) is 0 Å². The van der Waals surface area contributed by atoms with Crippen molar-refractivity contribution in [1.29, 1.82) is 0 Å². The molecule has 2 aromatic heterocycles. The first-order valence-corrected chi connectivity index (χ1v) is 9.93. The van der Waals surface area contributed by atoms with Gasteiger partial charge < -0.3 is 10.1 Å². The lowest BCUT2D eigenvalue weighted by atomic mass is 9.94. The molecule has 2 aliphatic rings. The smallest absolute Gasteiger partial charge is 0.346 e. The highest BCUT2D eigenvalue weighted by molar-refractivity contribution is 5.34. The Balaban J connectivity index is 1.51. The third-order valence-corrected chi connectivity index (χ3v) is 5.62. The standard InChI is InChI=1S/C19H28N6O2/c1-4-24-17(9-14-5-7-20-8-6-14)23-25(19(24)26)11-15-10-16-12(2)21-13(3)22-18(16)27-15/h14-15,20H,4-11H2,1-3H3/t15-/m1/s1. The normalized spacial score (nSPS) is 19.9. The van der Waals surface area contributed by atoms with Gasteiger partial charge in [0.1, 0.15) is 17.8 Å². The van der Waals surface area contributed by atoms with Crippen LogP contribution in [0.5, 0.6) is 5.88 Å². The Morgan fingerprint density at radius 3 is 2.74 bits per heavy atom. The Hall–Kier alpha value is -2.22. The molecule has 0 aliphatic carbocycles. The lowest BCUT2D eigenvalue weighted by Crippen LogP contribution is -2.31. The molecule has 2 aliphatic heterocycles. The van der Waals surface area contributed by atoms with Crippen LogP contribution in [-0.4, -0.2) is 43.5 Å². The Labute approximate surface area is 159 Å². The fourth-order valence-corrected chi connectivity index (χ4v) is 4.18. The van der Waals surface area contributed by atoms with E-state index in [9.17, 15) is 4.79 Å². The van der Waals surface area contributed by atoms with E-state index in [0.29, 0.717) is 30.7 Å². The minimum Gasteiger partial charge on any atom is -0.472 e. The molecule has 0 bridgehead atoms. The van der Waals surface area contributed by atoms with Crippen LogP contribution in [0.15, 0.2) is 4.79 Å². The molecule has 0 spiro atoms. The molecule has 0 radical (unpaired) electrons. The molecule has 0 saturated carbocycles. The second-order valence-corrected chi connectivity index (χ2v) is 7.61. The zero-order chi connectivity index (χ0) is 19.0. The summed E-state index contributed by atoms with van der Waals surface area (Å²) in [5.41, 5.74) is 1.96. The van der Waals surface area contributed by atoms with Crippen molar-refractivity contribution < 1.29 is 4.74 Å². The number of nitrogens with zero attached hydrogens (tertiary/aromatic N) is 5. The van der Waals surface area contributed by atoms with Gasteiger partial charge >= 0.3 is 5.69 Å². The van der Waals surface area contributed by atoms with E-state index in [1.807, 2.05) is 20.8 Å². The molecule has 1 N–H and O–H groups in total. The average molecular weight is 372 g/mol. The zero-order valence-electron chi connectivity index (χ0n) is 16.4. The van der Waals surface area contributed by atoms with Crippen LogP contribution in [0.25, 0.3) is 0 Å². The summed E-state index contributed by atoms with van der Waals surface area (Å²) in [5.74, 6) is 2.86. The van der Waals surface area contributed by atoms with E-state index in [0.717, 1.165) is 55.9 Å². The summed E-state index contributed by atoms with van der Waals surface area (Å²) >= 11 is 0. The molecular formula is C19H28N6O2. The number of fused-ring (bicyclic) bond motifs is 1. The monoisotopic (exact) mass is 372 g/mol. The highest BCUT2D eigenvalue weighted by Gasteiger charge is 2.29. The number of aryl methyl sites for hydroxylation is 2. The molecule has 1 atom stereocenters. The number of ether oxygens (including phenoxy) is 1. The van der Waals surface area contributed by atoms with Gasteiger partial charge in [0.25, 0.3) is 0 Å². The molecule has 4 rings (SSSR count). The lowest BCUT2D eigenvalue weighted by molar-refractivity contribution is 0.194. The SMILES string of the molecule is CCn1c(CC2CCNCC2)nn(C[C@H]2Cc3c(C)nc(C)nc3O2)c1=O. The Kier molecular flexibility index (Phi) is 4.99. The van der Waals surface area contributed by atoms with Crippen molar-refractivity contribution in [3.8, 4) is 5.88 Å². The molecule has 1 fully saturated rings. The van der Waals surface area contributed by atoms with E-state index in [1.54, 1.807) is 9.25 Å². The van der Waals surface area contributed by atoms with Crippen molar-refractivity contribution in [2.75, 3.05) is 13.1 Å². The maximum atomic E-state index is 12.8. The predicted octanol–water partition coefficient (Wildman–Crippen LogP) is 1.02. The molecule has 4 heterocycles. The highest BCUT2D eigenvalue weighted by Crippen LogP contribution is 2.29. The van der Waals surface area contributed by atoms with Gasteiger partial charge in [-0.1, -0.05) is 0 Å². The van der Waals surface area contributed by atoms with Gasteiger partial charge in [-0.15, -0.1) is 0 Å². The molecular weight excluding hydrogens is 344 g/mol. The molecule has 1 saturated heterocycles.